The molecule has 1 amide bonds. The lowest BCUT2D eigenvalue weighted by Crippen LogP contribution is -2.47. The molecule has 1 aliphatic heterocycles. The number of nitrogens with zero attached hydrogens (tertiary/aromatic N) is 1. The summed E-state index contributed by atoms with van der Waals surface area (Å²) in [5.41, 5.74) is 0.786. The van der Waals surface area contributed by atoms with E-state index in [4.69, 9.17) is 0 Å². The third-order valence-electron chi connectivity index (χ3n) is 3.92. The van der Waals surface area contributed by atoms with Gasteiger partial charge >= 0.3 is 0 Å². The molecule has 2 N–H and O–H groups in total. The highest BCUT2D eigenvalue weighted by molar-refractivity contribution is 5.82. The second kappa shape index (κ2) is 6.06. The molecule has 2 atom stereocenters. The first-order valence-corrected chi connectivity index (χ1v) is 6.89. The van der Waals surface area contributed by atoms with E-state index in [0.29, 0.717) is 0 Å². The van der Waals surface area contributed by atoms with Crippen LogP contribution in [0.15, 0.2) is 24.3 Å². The molecule has 19 heavy (non-hydrogen) atoms. The smallest absolute Gasteiger partial charge is 0.239 e. The number of nitrogens with one attached hydrogen (secondary N) is 1. The van der Waals surface area contributed by atoms with E-state index < -0.39 is 0 Å². The molecule has 0 spiro atoms. The van der Waals surface area contributed by atoms with Crippen molar-refractivity contribution in [2.24, 2.45) is 0 Å². The number of carbonyl (C=O) groups is 1. The highest BCUT2D eigenvalue weighted by Crippen LogP contribution is 2.27. The highest BCUT2D eigenvalue weighted by atomic mass is 16.3. The molecule has 0 aliphatic carbocycles. The normalized spacial score (nSPS) is 20.8. The zero-order valence-electron chi connectivity index (χ0n) is 11.6. The SMILES string of the molecule is CC(c1ccccc1O)N(C)C(=O)[C@H]1CCCCN1. The van der Waals surface area contributed by atoms with Crippen LogP contribution in [0.25, 0.3) is 0 Å². The molecular formula is C15H22N2O2. The Bertz CT molecular complexity index is 442. The first-order valence-electron chi connectivity index (χ1n) is 6.89. The Morgan fingerprint density at radius 2 is 2.16 bits per heavy atom. The maximum absolute atomic E-state index is 12.4. The van der Waals surface area contributed by atoms with Gasteiger partial charge in [0.2, 0.25) is 5.91 Å². The Morgan fingerprint density at radius 1 is 1.42 bits per heavy atom. The van der Waals surface area contributed by atoms with Crippen LogP contribution in [0.2, 0.25) is 0 Å². The van der Waals surface area contributed by atoms with Crippen LogP contribution in [0.3, 0.4) is 0 Å². The van der Waals surface area contributed by atoms with Crippen molar-refractivity contribution in [2.45, 2.75) is 38.3 Å². The van der Waals surface area contributed by atoms with Gasteiger partial charge in [-0.15, -0.1) is 0 Å². The van der Waals surface area contributed by atoms with Gasteiger partial charge in [0, 0.05) is 12.6 Å². The second-order valence-corrected chi connectivity index (χ2v) is 5.19. The van der Waals surface area contributed by atoms with E-state index in [9.17, 15) is 9.90 Å². The third kappa shape index (κ3) is 3.07. The molecule has 0 saturated carbocycles. The summed E-state index contributed by atoms with van der Waals surface area (Å²) in [4.78, 5) is 14.1. The van der Waals surface area contributed by atoms with Gasteiger partial charge in [0.15, 0.2) is 0 Å². The average molecular weight is 262 g/mol. The predicted molar refractivity (Wildman–Crippen MR) is 74.9 cm³/mol. The van der Waals surface area contributed by atoms with Crippen LogP contribution in [-0.4, -0.2) is 35.5 Å². The van der Waals surface area contributed by atoms with Gasteiger partial charge in [0.05, 0.1) is 12.1 Å². The van der Waals surface area contributed by atoms with E-state index in [1.807, 2.05) is 19.1 Å². The molecule has 1 heterocycles. The Hall–Kier alpha value is -1.55. The fraction of sp³-hybridized carbons (Fsp3) is 0.533. The lowest BCUT2D eigenvalue weighted by molar-refractivity contribution is -0.134. The molecule has 4 heteroatoms. The zero-order valence-corrected chi connectivity index (χ0v) is 11.6. The summed E-state index contributed by atoms with van der Waals surface area (Å²) in [6, 6.07) is 6.98. The molecule has 0 radical (unpaired) electrons. The predicted octanol–water partition coefficient (Wildman–Crippen LogP) is 2.05. The standard InChI is InChI=1S/C15H22N2O2/c1-11(12-7-3-4-9-14(12)18)17(2)15(19)13-8-5-6-10-16-13/h3-4,7,9,11,13,16,18H,5-6,8,10H2,1-2H3/t11?,13-/m1/s1. The van der Waals surface area contributed by atoms with Crippen molar-refractivity contribution < 1.29 is 9.90 Å². The summed E-state index contributed by atoms with van der Waals surface area (Å²) >= 11 is 0. The van der Waals surface area contributed by atoms with Crippen molar-refractivity contribution in [1.29, 1.82) is 0 Å². The first-order chi connectivity index (χ1) is 9.11. The molecule has 0 aromatic heterocycles. The van der Waals surface area contributed by atoms with E-state index >= 15 is 0 Å². The van der Waals surface area contributed by atoms with Crippen LogP contribution in [0.4, 0.5) is 0 Å². The summed E-state index contributed by atoms with van der Waals surface area (Å²) in [6.45, 7) is 2.85. The van der Waals surface area contributed by atoms with E-state index in [0.717, 1.165) is 31.4 Å². The summed E-state index contributed by atoms with van der Waals surface area (Å²) in [5.74, 6) is 0.349. The third-order valence-corrected chi connectivity index (χ3v) is 3.92. The Kier molecular flexibility index (Phi) is 4.43. The number of phenolic OH excluding ortho intramolecular Hbond substituents is 1. The van der Waals surface area contributed by atoms with Gasteiger partial charge in [0.1, 0.15) is 5.75 Å². The number of piperidine rings is 1. The van der Waals surface area contributed by atoms with Crippen molar-refractivity contribution in [3.8, 4) is 5.75 Å². The summed E-state index contributed by atoms with van der Waals surface area (Å²) in [6.07, 6.45) is 3.14. The number of rotatable bonds is 3. The molecule has 2 rings (SSSR count). The zero-order chi connectivity index (χ0) is 13.8. The number of benzene rings is 1. The maximum Gasteiger partial charge on any atom is 0.239 e. The monoisotopic (exact) mass is 262 g/mol. The van der Waals surface area contributed by atoms with Crippen LogP contribution in [0.1, 0.15) is 37.8 Å². The van der Waals surface area contributed by atoms with Crippen molar-refractivity contribution in [1.82, 2.24) is 10.2 Å². The minimum atomic E-state index is -0.127. The van der Waals surface area contributed by atoms with Crippen LogP contribution < -0.4 is 5.32 Å². The molecule has 1 aromatic carbocycles. The number of para-hydroxylation sites is 1. The largest absolute Gasteiger partial charge is 0.508 e. The number of likely N-dealkylation sites (N-methyl/N-ethyl adjacent to an activating group) is 1. The van der Waals surface area contributed by atoms with Crippen molar-refractivity contribution in [2.75, 3.05) is 13.6 Å². The maximum atomic E-state index is 12.4. The van der Waals surface area contributed by atoms with Gasteiger partial charge in [-0.25, -0.2) is 0 Å². The number of phenols is 1. The van der Waals surface area contributed by atoms with Crippen LogP contribution in [0, 0.1) is 0 Å². The lowest BCUT2D eigenvalue weighted by Gasteiger charge is -2.31. The quantitative estimate of drug-likeness (QED) is 0.876. The van der Waals surface area contributed by atoms with Gasteiger partial charge in [-0.05, 0) is 32.4 Å². The Balaban J connectivity index is 2.08. The van der Waals surface area contributed by atoms with E-state index in [1.165, 1.54) is 0 Å². The topological polar surface area (TPSA) is 52.6 Å². The average Bonchev–Trinajstić information content (AvgIpc) is 2.46. The van der Waals surface area contributed by atoms with E-state index in [2.05, 4.69) is 5.32 Å². The fourth-order valence-electron chi connectivity index (χ4n) is 2.55. The molecule has 104 valence electrons. The van der Waals surface area contributed by atoms with Gasteiger partial charge in [-0.2, -0.15) is 0 Å². The van der Waals surface area contributed by atoms with Crippen LogP contribution in [0.5, 0.6) is 5.75 Å². The molecule has 0 bridgehead atoms. The minimum Gasteiger partial charge on any atom is -0.508 e. The first kappa shape index (κ1) is 13.9. The van der Waals surface area contributed by atoms with Crippen molar-refractivity contribution in [3.63, 3.8) is 0 Å². The summed E-state index contributed by atoms with van der Waals surface area (Å²) in [5, 5.41) is 13.1. The number of hydrogen-bond donors (Lipinski definition) is 2. The number of amides is 1. The molecule has 1 aromatic rings. The summed E-state index contributed by atoms with van der Waals surface area (Å²) < 4.78 is 0. The molecule has 1 unspecified atom stereocenters. The minimum absolute atomic E-state index is 0.0768. The molecule has 1 saturated heterocycles. The van der Waals surface area contributed by atoms with Crippen molar-refractivity contribution >= 4 is 5.91 Å². The van der Waals surface area contributed by atoms with Gasteiger partial charge in [-0.1, -0.05) is 24.6 Å². The highest BCUT2D eigenvalue weighted by Gasteiger charge is 2.27. The number of aromatic hydroxyl groups is 1. The van der Waals surface area contributed by atoms with Crippen LogP contribution in [-0.2, 0) is 4.79 Å². The number of hydrogen-bond acceptors (Lipinski definition) is 3. The Morgan fingerprint density at radius 3 is 2.79 bits per heavy atom. The fourth-order valence-corrected chi connectivity index (χ4v) is 2.55. The summed E-state index contributed by atoms with van der Waals surface area (Å²) in [7, 11) is 1.80. The molecule has 1 aliphatic rings. The van der Waals surface area contributed by atoms with Crippen LogP contribution >= 0.6 is 0 Å². The van der Waals surface area contributed by atoms with Gasteiger partial charge in [-0.3, -0.25) is 4.79 Å². The number of carbonyl (C=O) groups excluding carboxylic acids is 1. The lowest BCUT2D eigenvalue weighted by atomic mass is 10.0. The van der Waals surface area contributed by atoms with E-state index in [1.54, 1.807) is 24.1 Å². The molecule has 4 nitrogen and oxygen atoms in total. The van der Waals surface area contributed by atoms with E-state index in [-0.39, 0.29) is 23.7 Å². The molecule has 1 fully saturated rings. The van der Waals surface area contributed by atoms with Gasteiger partial charge in [0.25, 0.3) is 0 Å². The van der Waals surface area contributed by atoms with Crippen molar-refractivity contribution in [3.05, 3.63) is 29.8 Å². The molecular weight excluding hydrogens is 240 g/mol. The second-order valence-electron chi connectivity index (χ2n) is 5.19. The van der Waals surface area contributed by atoms with Gasteiger partial charge < -0.3 is 15.3 Å². The Labute approximate surface area is 114 Å².